The number of hydrogen-bond donors (Lipinski definition) is 0. The van der Waals surface area contributed by atoms with Crippen molar-refractivity contribution in [1.29, 1.82) is 0 Å². The lowest BCUT2D eigenvalue weighted by Gasteiger charge is -2.26. The van der Waals surface area contributed by atoms with Gasteiger partial charge in [0.1, 0.15) is 11.6 Å². The monoisotopic (exact) mass is 241 g/mol. The summed E-state index contributed by atoms with van der Waals surface area (Å²) in [6.45, 7) is 8.78. The second-order valence-corrected chi connectivity index (χ2v) is 6.01. The Morgan fingerprint density at radius 3 is 2.44 bits per heavy atom. The lowest BCUT2D eigenvalue weighted by atomic mass is 10.0. The topological polar surface area (TPSA) is 30.7 Å². The van der Waals surface area contributed by atoms with Gasteiger partial charge in [-0.05, 0) is 39.5 Å². The summed E-state index contributed by atoms with van der Waals surface area (Å²) in [6.07, 6.45) is 2.66. The van der Waals surface area contributed by atoms with Crippen molar-refractivity contribution in [1.82, 2.24) is 14.8 Å². The number of rotatable bonds is 3. The van der Waals surface area contributed by atoms with Gasteiger partial charge >= 0.3 is 0 Å². The highest BCUT2D eigenvalue weighted by Crippen LogP contribution is 2.42. The van der Waals surface area contributed by atoms with Crippen LogP contribution < -0.4 is 0 Å². The predicted octanol–water partition coefficient (Wildman–Crippen LogP) is 3.29. The first-order valence-corrected chi connectivity index (χ1v) is 6.49. The number of nitrogens with zero attached hydrogens (tertiary/aromatic N) is 3. The molecule has 0 N–H and O–H groups in total. The molecule has 90 valence electrons. The van der Waals surface area contributed by atoms with Crippen LogP contribution in [0, 0.1) is 5.92 Å². The van der Waals surface area contributed by atoms with Crippen molar-refractivity contribution in [3.05, 3.63) is 11.6 Å². The summed E-state index contributed by atoms with van der Waals surface area (Å²) >= 11 is 5.93. The number of aromatic nitrogens is 3. The first-order chi connectivity index (χ1) is 7.45. The van der Waals surface area contributed by atoms with Crippen molar-refractivity contribution >= 4 is 11.6 Å². The predicted molar refractivity (Wildman–Crippen MR) is 65.7 cm³/mol. The summed E-state index contributed by atoms with van der Waals surface area (Å²) in [5.74, 6) is 3.72. The second-order valence-electron chi connectivity index (χ2n) is 5.74. The van der Waals surface area contributed by atoms with Crippen molar-refractivity contribution in [3.63, 3.8) is 0 Å². The minimum atomic E-state index is 0.00616. The van der Waals surface area contributed by atoms with Crippen molar-refractivity contribution in [2.24, 2.45) is 5.92 Å². The van der Waals surface area contributed by atoms with Crippen LogP contribution in [-0.4, -0.2) is 14.8 Å². The van der Waals surface area contributed by atoms with Crippen LogP contribution in [0.25, 0.3) is 0 Å². The molecule has 1 fully saturated rings. The van der Waals surface area contributed by atoms with E-state index >= 15 is 0 Å². The van der Waals surface area contributed by atoms with Crippen molar-refractivity contribution in [2.45, 2.75) is 57.9 Å². The molecule has 0 spiro atoms. The van der Waals surface area contributed by atoms with E-state index in [4.69, 9.17) is 11.6 Å². The Labute approximate surface area is 102 Å². The Balaban J connectivity index is 2.40. The van der Waals surface area contributed by atoms with Crippen molar-refractivity contribution in [2.75, 3.05) is 0 Å². The highest BCUT2D eigenvalue weighted by atomic mass is 35.5. The molecule has 4 heteroatoms. The number of hydrogen-bond acceptors (Lipinski definition) is 2. The van der Waals surface area contributed by atoms with Gasteiger partial charge < -0.3 is 4.57 Å². The van der Waals surface area contributed by atoms with Crippen LogP contribution in [0.2, 0.25) is 0 Å². The van der Waals surface area contributed by atoms with Gasteiger partial charge in [0.15, 0.2) is 0 Å². The van der Waals surface area contributed by atoms with E-state index in [-0.39, 0.29) is 5.54 Å². The Kier molecular flexibility index (Phi) is 2.99. The molecule has 2 rings (SSSR count). The Morgan fingerprint density at radius 1 is 1.38 bits per heavy atom. The summed E-state index contributed by atoms with van der Waals surface area (Å²) in [5.41, 5.74) is 0.00616. The maximum atomic E-state index is 5.93. The van der Waals surface area contributed by atoms with Crippen molar-refractivity contribution in [3.8, 4) is 0 Å². The first kappa shape index (κ1) is 11.9. The molecule has 0 aromatic carbocycles. The maximum Gasteiger partial charge on any atom is 0.148 e. The standard InChI is InChI=1S/C12H20ClN3/c1-8(9-5-6-9)11-15-14-10(7-13)16(11)12(2,3)4/h8-9H,5-7H2,1-4H3. The molecule has 16 heavy (non-hydrogen) atoms. The SMILES string of the molecule is CC(c1nnc(CCl)n1C(C)(C)C)C1CC1. The van der Waals surface area contributed by atoms with E-state index < -0.39 is 0 Å². The molecule has 1 aromatic rings. The molecule has 1 saturated carbocycles. The normalized spacial score (nSPS) is 18.8. The summed E-state index contributed by atoms with van der Waals surface area (Å²) < 4.78 is 2.21. The molecule has 0 amide bonds. The summed E-state index contributed by atoms with van der Waals surface area (Å²) in [6, 6.07) is 0. The number of halogens is 1. The Morgan fingerprint density at radius 2 is 2.00 bits per heavy atom. The van der Waals surface area contributed by atoms with Gasteiger partial charge in [0.2, 0.25) is 0 Å². The molecule has 1 aromatic heterocycles. The second kappa shape index (κ2) is 4.02. The van der Waals surface area contributed by atoms with Crippen LogP contribution >= 0.6 is 11.6 Å². The van der Waals surface area contributed by atoms with E-state index in [0.29, 0.717) is 11.8 Å². The van der Waals surface area contributed by atoms with Gasteiger partial charge in [-0.15, -0.1) is 21.8 Å². The minimum Gasteiger partial charge on any atom is -0.308 e. The summed E-state index contributed by atoms with van der Waals surface area (Å²) in [5, 5.41) is 8.56. The lowest BCUT2D eigenvalue weighted by molar-refractivity contribution is 0.360. The van der Waals surface area contributed by atoms with E-state index in [0.717, 1.165) is 17.6 Å². The van der Waals surface area contributed by atoms with Gasteiger partial charge in [-0.25, -0.2) is 0 Å². The molecule has 1 aliphatic carbocycles. The summed E-state index contributed by atoms with van der Waals surface area (Å²) in [7, 11) is 0. The van der Waals surface area contributed by atoms with E-state index in [9.17, 15) is 0 Å². The molecule has 0 radical (unpaired) electrons. The average Bonchev–Trinajstić information content (AvgIpc) is 2.93. The van der Waals surface area contributed by atoms with Gasteiger partial charge in [-0.2, -0.15) is 0 Å². The van der Waals surface area contributed by atoms with Gasteiger partial charge in [-0.3, -0.25) is 0 Å². The van der Waals surface area contributed by atoms with Crippen molar-refractivity contribution < 1.29 is 0 Å². The van der Waals surface area contributed by atoms with E-state index in [2.05, 4.69) is 42.5 Å². The Hall–Kier alpha value is -0.570. The lowest BCUT2D eigenvalue weighted by Crippen LogP contribution is -2.27. The zero-order valence-corrected chi connectivity index (χ0v) is 11.3. The highest BCUT2D eigenvalue weighted by molar-refractivity contribution is 6.16. The zero-order chi connectivity index (χ0) is 11.9. The van der Waals surface area contributed by atoms with Crippen LogP contribution in [0.1, 0.15) is 58.1 Å². The largest absolute Gasteiger partial charge is 0.308 e. The van der Waals surface area contributed by atoms with Gasteiger partial charge in [-0.1, -0.05) is 6.92 Å². The third-order valence-electron chi connectivity index (χ3n) is 3.28. The Bertz CT molecular complexity index is 374. The molecular weight excluding hydrogens is 222 g/mol. The molecule has 1 unspecified atom stereocenters. The van der Waals surface area contributed by atoms with Gasteiger partial charge in [0, 0.05) is 11.5 Å². The quantitative estimate of drug-likeness (QED) is 0.761. The van der Waals surface area contributed by atoms with E-state index in [1.165, 1.54) is 12.8 Å². The fourth-order valence-corrected chi connectivity index (χ4v) is 2.42. The molecule has 1 heterocycles. The van der Waals surface area contributed by atoms with Crippen LogP contribution in [-0.2, 0) is 11.4 Å². The molecule has 1 atom stereocenters. The molecule has 3 nitrogen and oxygen atoms in total. The summed E-state index contributed by atoms with van der Waals surface area (Å²) in [4.78, 5) is 0. The fraction of sp³-hybridized carbons (Fsp3) is 0.833. The first-order valence-electron chi connectivity index (χ1n) is 5.95. The molecule has 0 aliphatic heterocycles. The van der Waals surface area contributed by atoms with Crippen LogP contribution in [0.5, 0.6) is 0 Å². The molecule has 0 saturated heterocycles. The van der Waals surface area contributed by atoms with Crippen LogP contribution in [0.3, 0.4) is 0 Å². The molecule has 1 aliphatic rings. The number of alkyl halides is 1. The van der Waals surface area contributed by atoms with E-state index in [1.807, 2.05) is 0 Å². The fourth-order valence-electron chi connectivity index (χ4n) is 2.25. The zero-order valence-electron chi connectivity index (χ0n) is 10.5. The third kappa shape index (κ3) is 2.10. The molecular formula is C12H20ClN3. The highest BCUT2D eigenvalue weighted by Gasteiger charge is 2.34. The van der Waals surface area contributed by atoms with Crippen LogP contribution in [0.4, 0.5) is 0 Å². The van der Waals surface area contributed by atoms with Gasteiger partial charge in [0.25, 0.3) is 0 Å². The van der Waals surface area contributed by atoms with Gasteiger partial charge in [0.05, 0.1) is 5.88 Å². The maximum absolute atomic E-state index is 5.93. The van der Waals surface area contributed by atoms with Crippen LogP contribution in [0.15, 0.2) is 0 Å². The smallest absolute Gasteiger partial charge is 0.148 e. The third-order valence-corrected chi connectivity index (χ3v) is 3.52. The van der Waals surface area contributed by atoms with E-state index in [1.54, 1.807) is 0 Å². The minimum absolute atomic E-state index is 0.00616. The average molecular weight is 242 g/mol. The molecule has 0 bridgehead atoms.